The summed E-state index contributed by atoms with van der Waals surface area (Å²) in [7, 11) is 0. The van der Waals surface area contributed by atoms with E-state index in [1.54, 1.807) is 0 Å². The molecule has 5 nitrogen and oxygen atoms in total. The van der Waals surface area contributed by atoms with Gasteiger partial charge in [-0.25, -0.2) is 0 Å². The Morgan fingerprint density at radius 1 is 1.50 bits per heavy atom. The molecule has 0 aliphatic carbocycles. The van der Waals surface area contributed by atoms with Crippen LogP contribution in [0.4, 0.5) is 5.88 Å². The highest BCUT2D eigenvalue weighted by Crippen LogP contribution is 2.17. The first-order chi connectivity index (χ1) is 7.54. The van der Waals surface area contributed by atoms with E-state index < -0.39 is 0 Å². The van der Waals surface area contributed by atoms with Gasteiger partial charge in [-0.15, -0.1) is 0 Å². The molecule has 90 valence electrons. The van der Waals surface area contributed by atoms with Crippen molar-refractivity contribution in [3.8, 4) is 0 Å². The van der Waals surface area contributed by atoms with Crippen molar-refractivity contribution in [2.75, 3.05) is 11.9 Å². The molecule has 0 aromatic carbocycles. The molecule has 1 heterocycles. The average Bonchev–Trinajstić information content (AvgIpc) is 2.50. The van der Waals surface area contributed by atoms with Gasteiger partial charge in [0, 0.05) is 18.0 Å². The quantitative estimate of drug-likeness (QED) is 0.799. The fourth-order valence-electron chi connectivity index (χ4n) is 1.41. The van der Waals surface area contributed by atoms with Crippen molar-refractivity contribution in [3.05, 3.63) is 11.3 Å². The summed E-state index contributed by atoms with van der Waals surface area (Å²) in [5.41, 5.74) is 1.68. The highest BCUT2D eigenvalue weighted by molar-refractivity contribution is 5.90. The third-order valence-electron chi connectivity index (χ3n) is 2.45. The van der Waals surface area contributed by atoms with Gasteiger partial charge in [-0.2, -0.15) is 0 Å². The van der Waals surface area contributed by atoms with Crippen molar-refractivity contribution in [1.82, 2.24) is 10.5 Å². The topological polar surface area (TPSA) is 67.2 Å². The number of aromatic nitrogens is 1. The molecule has 1 amide bonds. The van der Waals surface area contributed by atoms with E-state index in [0.29, 0.717) is 12.3 Å². The van der Waals surface area contributed by atoms with E-state index in [9.17, 15) is 4.79 Å². The lowest BCUT2D eigenvalue weighted by molar-refractivity contribution is -0.116. The number of amides is 1. The summed E-state index contributed by atoms with van der Waals surface area (Å²) in [6.07, 6.45) is 0.424. The number of carbonyl (C=O) groups excluding carboxylic acids is 1. The summed E-state index contributed by atoms with van der Waals surface area (Å²) >= 11 is 0. The highest BCUT2D eigenvalue weighted by atomic mass is 16.5. The summed E-state index contributed by atoms with van der Waals surface area (Å²) in [4.78, 5) is 11.6. The first-order valence-corrected chi connectivity index (χ1v) is 5.50. The lowest BCUT2D eigenvalue weighted by Crippen LogP contribution is -2.30. The van der Waals surface area contributed by atoms with Gasteiger partial charge in [-0.3, -0.25) is 10.1 Å². The molecule has 0 saturated heterocycles. The molecule has 0 saturated carbocycles. The molecule has 1 unspecified atom stereocenters. The normalized spacial score (nSPS) is 12.5. The molecular formula is C11H19N3O2. The molecule has 0 spiro atoms. The third-order valence-corrected chi connectivity index (χ3v) is 2.45. The summed E-state index contributed by atoms with van der Waals surface area (Å²) in [5.74, 6) is 0.388. The molecule has 5 heteroatoms. The van der Waals surface area contributed by atoms with Gasteiger partial charge in [0.25, 0.3) is 0 Å². The van der Waals surface area contributed by atoms with E-state index in [1.165, 1.54) is 0 Å². The Morgan fingerprint density at radius 3 is 2.69 bits per heavy atom. The minimum absolute atomic E-state index is 0.0623. The molecule has 0 aliphatic rings. The molecule has 1 atom stereocenters. The van der Waals surface area contributed by atoms with Gasteiger partial charge in [-0.1, -0.05) is 12.1 Å². The van der Waals surface area contributed by atoms with E-state index in [-0.39, 0.29) is 11.9 Å². The zero-order valence-corrected chi connectivity index (χ0v) is 10.3. The Balaban J connectivity index is 2.49. The van der Waals surface area contributed by atoms with Crippen LogP contribution in [-0.2, 0) is 4.79 Å². The Bertz CT molecular complexity index is 360. The molecule has 0 bridgehead atoms. The van der Waals surface area contributed by atoms with E-state index in [0.717, 1.165) is 17.8 Å². The predicted molar refractivity (Wildman–Crippen MR) is 62.4 cm³/mol. The summed E-state index contributed by atoms with van der Waals surface area (Å²) < 4.78 is 5.00. The number of nitrogens with zero attached hydrogens (tertiary/aromatic N) is 1. The molecule has 0 fully saturated rings. The highest BCUT2D eigenvalue weighted by Gasteiger charge is 2.13. The van der Waals surface area contributed by atoms with Gasteiger partial charge in [0.2, 0.25) is 11.8 Å². The lowest BCUT2D eigenvalue weighted by Gasteiger charge is -2.10. The maximum absolute atomic E-state index is 11.6. The fraction of sp³-hybridized carbons (Fsp3) is 0.636. The van der Waals surface area contributed by atoms with Crippen LogP contribution in [0.25, 0.3) is 0 Å². The third kappa shape index (κ3) is 3.34. The number of carbonyl (C=O) groups is 1. The first kappa shape index (κ1) is 12.7. The second-order valence-electron chi connectivity index (χ2n) is 3.93. The van der Waals surface area contributed by atoms with Crippen molar-refractivity contribution in [2.24, 2.45) is 0 Å². The number of nitrogens with one attached hydrogen (secondary N) is 2. The zero-order chi connectivity index (χ0) is 12.1. The van der Waals surface area contributed by atoms with Crippen molar-refractivity contribution in [1.29, 1.82) is 0 Å². The van der Waals surface area contributed by atoms with E-state index in [1.807, 2.05) is 27.7 Å². The SMILES string of the molecule is CCNC(C)CC(=O)Nc1onc(C)c1C. The molecule has 2 N–H and O–H groups in total. The fourth-order valence-corrected chi connectivity index (χ4v) is 1.41. The minimum Gasteiger partial charge on any atom is -0.338 e. The summed E-state index contributed by atoms with van der Waals surface area (Å²) in [6, 6.07) is 0.161. The Labute approximate surface area is 95.6 Å². The second kappa shape index (κ2) is 5.65. The van der Waals surface area contributed by atoms with Crippen LogP contribution < -0.4 is 10.6 Å². The van der Waals surface area contributed by atoms with Crippen LogP contribution in [0.3, 0.4) is 0 Å². The standard InChI is InChI=1S/C11H19N3O2/c1-5-12-7(2)6-10(15)13-11-8(3)9(4)14-16-11/h7,12H,5-6H2,1-4H3,(H,13,15). The van der Waals surface area contributed by atoms with Crippen molar-refractivity contribution in [2.45, 2.75) is 40.2 Å². The molecule has 1 aromatic heterocycles. The Morgan fingerprint density at radius 2 is 2.19 bits per heavy atom. The monoisotopic (exact) mass is 225 g/mol. The average molecular weight is 225 g/mol. The van der Waals surface area contributed by atoms with Gasteiger partial charge in [0.1, 0.15) is 0 Å². The molecule has 16 heavy (non-hydrogen) atoms. The lowest BCUT2D eigenvalue weighted by atomic mass is 10.2. The minimum atomic E-state index is -0.0623. The van der Waals surface area contributed by atoms with Gasteiger partial charge in [-0.05, 0) is 27.3 Å². The van der Waals surface area contributed by atoms with Crippen LogP contribution in [0, 0.1) is 13.8 Å². The van der Waals surface area contributed by atoms with Crippen LogP contribution in [0.2, 0.25) is 0 Å². The van der Waals surface area contributed by atoms with Crippen LogP contribution in [0.15, 0.2) is 4.52 Å². The Hall–Kier alpha value is -1.36. The van der Waals surface area contributed by atoms with Crippen LogP contribution in [0.5, 0.6) is 0 Å². The number of anilines is 1. The number of hydrogen-bond acceptors (Lipinski definition) is 4. The largest absolute Gasteiger partial charge is 0.338 e. The van der Waals surface area contributed by atoms with E-state index in [4.69, 9.17) is 4.52 Å². The van der Waals surface area contributed by atoms with Crippen LogP contribution in [0.1, 0.15) is 31.5 Å². The van der Waals surface area contributed by atoms with Crippen molar-refractivity contribution >= 4 is 11.8 Å². The number of hydrogen-bond donors (Lipinski definition) is 2. The van der Waals surface area contributed by atoms with Crippen molar-refractivity contribution < 1.29 is 9.32 Å². The number of aryl methyl sites for hydroxylation is 1. The summed E-state index contributed by atoms with van der Waals surface area (Å²) in [6.45, 7) is 8.56. The molecule has 0 radical (unpaired) electrons. The molecule has 1 rings (SSSR count). The van der Waals surface area contributed by atoms with Crippen molar-refractivity contribution in [3.63, 3.8) is 0 Å². The Kier molecular flexibility index (Phi) is 4.49. The second-order valence-corrected chi connectivity index (χ2v) is 3.93. The smallest absolute Gasteiger partial charge is 0.234 e. The molecule has 0 aliphatic heterocycles. The van der Waals surface area contributed by atoms with Gasteiger partial charge in [0.05, 0.1) is 5.69 Å². The van der Waals surface area contributed by atoms with Gasteiger partial charge < -0.3 is 9.84 Å². The van der Waals surface area contributed by atoms with E-state index >= 15 is 0 Å². The van der Waals surface area contributed by atoms with Gasteiger partial charge >= 0.3 is 0 Å². The zero-order valence-electron chi connectivity index (χ0n) is 10.3. The van der Waals surface area contributed by atoms with Gasteiger partial charge in [0.15, 0.2) is 0 Å². The van der Waals surface area contributed by atoms with Crippen LogP contribution in [-0.4, -0.2) is 23.7 Å². The number of rotatable bonds is 5. The maximum Gasteiger partial charge on any atom is 0.234 e. The predicted octanol–water partition coefficient (Wildman–Crippen LogP) is 1.62. The summed E-state index contributed by atoms with van der Waals surface area (Å²) in [5, 5.41) is 9.67. The van der Waals surface area contributed by atoms with Crippen LogP contribution >= 0.6 is 0 Å². The van der Waals surface area contributed by atoms with E-state index in [2.05, 4.69) is 15.8 Å². The molecular weight excluding hydrogens is 206 g/mol. The maximum atomic E-state index is 11.6. The first-order valence-electron chi connectivity index (χ1n) is 5.50. The molecule has 1 aromatic rings.